The van der Waals surface area contributed by atoms with Gasteiger partial charge in [0.2, 0.25) is 11.8 Å². The highest BCUT2D eigenvalue weighted by atomic mass is 16.5. The van der Waals surface area contributed by atoms with Crippen LogP contribution < -0.4 is 5.32 Å². The van der Waals surface area contributed by atoms with Gasteiger partial charge in [0.05, 0.1) is 26.2 Å². The molecule has 1 heterocycles. The van der Waals surface area contributed by atoms with E-state index >= 15 is 0 Å². The second kappa shape index (κ2) is 10.8. The largest absolute Gasteiger partial charge is 0.464 e. The van der Waals surface area contributed by atoms with Gasteiger partial charge in [-0.15, -0.1) is 0 Å². The number of furan rings is 1. The summed E-state index contributed by atoms with van der Waals surface area (Å²) in [7, 11) is 3.33. The zero-order chi connectivity index (χ0) is 21.4. The van der Waals surface area contributed by atoms with Crippen molar-refractivity contribution < 1.29 is 18.7 Å². The van der Waals surface area contributed by atoms with Crippen molar-refractivity contribution in [3.05, 3.63) is 53.0 Å². The molecule has 1 aromatic carbocycles. The fraction of sp³-hybridized carbons (Fsp3) is 0.455. The molecule has 7 heteroatoms. The second-order valence-corrected chi connectivity index (χ2v) is 7.26. The van der Waals surface area contributed by atoms with Crippen LogP contribution in [0.1, 0.15) is 22.6 Å². The highest BCUT2D eigenvalue weighted by Gasteiger charge is 2.18. The first-order chi connectivity index (χ1) is 13.8. The zero-order valence-electron chi connectivity index (χ0n) is 17.9. The van der Waals surface area contributed by atoms with E-state index in [4.69, 9.17) is 9.15 Å². The number of nitrogens with one attached hydrogen (secondary N) is 1. The minimum atomic E-state index is -0.160. The van der Waals surface area contributed by atoms with Crippen molar-refractivity contribution >= 4 is 17.5 Å². The summed E-state index contributed by atoms with van der Waals surface area (Å²) in [6.07, 6.45) is 0. The van der Waals surface area contributed by atoms with Gasteiger partial charge in [-0.1, -0.05) is 12.1 Å². The molecule has 0 atom stereocenters. The normalized spacial score (nSPS) is 11.0. The first-order valence-electron chi connectivity index (χ1n) is 9.66. The summed E-state index contributed by atoms with van der Waals surface area (Å²) in [6.45, 7) is 7.39. The Morgan fingerprint density at radius 2 is 1.86 bits per heavy atom. The highest BCUT2D eigenvalue weighted by molar-refractivity contribution is 5.93. The summed E-state index contributed by atoms with van der Waals surface area (Å²) in [5.41, 5.74) is 2.94. The Morgan fingerprint density at radius 3 is 2.52 bits per heavy atom. The third-order valence-corrected chi connectivity index (χ3v) is 4.83. The van der Waals surface area contributed by atoms with Gasteiger partial charge in [-0.25, -0.2) is 0 Å². The summed E-state index contributed by atoms with van der Waals surface area (Å²) in [4.78, 5) is 28.6. The van der Waals surface area contributed by atoms with Crippen LogP contribution in [0.5, 0.6) is 0 Å². The highest BCUT2D eigenvalue weighted by Crippen LogP contribution is 2.17. The number of hydrogen-bond donors (Lipinski definition) is 1. The number of amides is 2. The maximum absolute atomic E-state index is 12.6. The van der Waals surface area contributed by atoms with Crippen molar-refractivity contribution in [1.29, 1.82) is 0 Å². The van der Waals surface area contributed by atoms with Gasteiger partial charge < -0.3 is 19.4 Å². The lowest BCUT2D eigenvalue weighted by atomic mass is 10.1. The van der Waals surface area contributed by atoms with Crippen molar-refractivity contribution in [3.8, 4) is 0 Å². The van der Waals surface area contributed by atoms with Gasteiger partial charge >= 0.3 is 0 Å². The Balaban J connectivity index is 1.95. The molecule has 2 amide bonds. The SMILES string of the molecule is COCCN(CC(=O)Nc1cccc(C)c1C)CC(=O)N(C)Cc1ccc(C)o1. The fourth-order valence-corrected chi connectivity index (χ4v) is 2.92. The van der Waals surface area contributed by atoms with Crippen LogP contribution in [0.15, 0.2) is 34.7 Å². The molecule has 0 aliphatic rings. The second-order valence-electron chi connectivity index (χ2n) is 7.26. The number of rotatable bonds is 10. The summed E-state index contributed by atoms with van der Waals surface area (Å²) < 4.78 is 10.7. The molecule has 0 fully saturated rings. The molecule has 0 aliphatic heterocycles. The summed E-state index contributed by atoms with van der Waals surface area (Å²) in [5, 5.41) is 2.94. The van der Waals surface area contributed by atoms with Gasteiger partial charge in [0.25, 0.3) is 0 Å². The molecule has 1 aromatic heterocycles. The lowest BCUT2D eigenvalue weighted by molar-refractivity contribution is -0.132. The molecule has 2 rings (SSSR count). The van der Waals surface area contributed by atoms with Crippen molar-refractivity contribution in [2.45, 2.75) is 27.3 Å². The third kappa shape index (κ3) is 7.03. The Kier molecular flexibility index (Phi) is 8.42. The van der Waals surface area contributed by atoms with E-state index in [-0.39, 0.29) is 24.9 Å². The lowest BCUT2D eigenvalue weighted by Gasteiger charge is -2.24. The van der Waals surface area contributed by atoms with E-state index in [1.165, 1.54) is 0 Å². The number of anilines is 1. The first kappa shape index (κ1) is 22.6. The molecule has 2 aromatic rings. The summed E-state index contributed by atoms with van der Waals surface area (Å²) in [6, 6.07) is 9.53. The maximum Gasteiger partial charge on any atom is 0.238 e. The summed E-state index contributed by atoms with van der Waals surface area (Å²) >= 11 is 0. The number of nitrogens with zero attached hydrogens (tertiary/aromatic N) is 2. The van der Waals surface area contributed by atoms with E-state index < -0.39 is 0 Å². The molecule has 158 valence electrons. The number of ether oxygens (including phenoxy) is 1. The van der Waals surface area contributed by atoms with Crippen LogP contribution in [0.3, 0.4) is 0 Å². The average Bonchev–Trinajstić information content (AvgIpc) is 3.08. The average molecular weight is 402 g/mol. The van der Waals surface area contributed by atoms with Gasteiger partial charge in [0.1, 0.15) is 11.5 Å². The molecule has 0 spiro atoms. The van der Waals surface area contributed by atoms with Crippen molar-refractivity contribution in [2.75, 3.05) is 45.7 Å². The number of methoxy groups -OCH3 is 1. The molecule has 29 heavy (non-hydrogen) atoms. The lowest BCUT2D eigenvalue weighted by Crippen LogP contribution is -2.43. The van der Waals surface area contributed by atoms with Gasteiger partial charge in [-0.05, 0) is 50.1 Å². The Labute approximate surface area is 172 Å². The predicted octanol–water partition coefficient (Wildman–Crippen LogP) is 2.75. The van der Waals surface area contributed by atoms with Crippen LogP contribution >= 0.6 is 0 Å². The Morgan fingerprint density at radius 1 is 1.10 bits per heavy atom. The van der Waals surface area contributed by atoms with E-state index in [0.717, 1.165) is 28.3 Å². The first-order valence-corrected chi connectivity index (χ1v) is 9.66. The molecule has 0 radical (unpaired) electrons. The van der Waals surface area contributed by atoms with Crippen LogP contribution in [-0.4, -0.2) is 62.0 Å². The molecule has 7 nitrogen and oxygen atoms in total. The van der Waals surface area contributed by atoms with E-state index in [2.05, 4.69) is 5.32 Å². The number of benzene rings is 1. The van der Waals surface area contributed by atoms with Gasteiger partial charge in [-0.2, -0.15) is 0 Å². The molecule has 0 saturated carbocycles. The van der Waals surface area contributed by atoms with E-state index in [9.17, 15) is 9.59 Å². The van der Waals surface area contributed by atoms with Gasteiger partial charge in [0, 0.05) is 26.4 Å². The van der Waals surface area contributed by atoms with Crippen LogP contribution in [0.4, 0.5) is 5.69 Å². The standard InChI is InChI=1S/C22H31N3O4/c1-16-7-6-8-20(18(16)3)23-21(26)14-25(11-12-28-5)15-22(27)24(4)13-19-10-9-17(2)29-19/h6-10H,11-15H2,1-5H3,(H,23,26). The Bertz CT molecular complexity index is 831. The third-order valence-electron chi connectivity index (χ3n) is 4.83. The monoisotopic (exact) mass is 401 g/mol. The van der Waals surface area contributed by atoms with Crippen LogP contribution in [0.2, 0.25) is 0 Å². The minimum absolute atomic E-state index is 0.0882. The predicted molar refractivity (Wildman–Crippen MR) is 113 cm³/mol. The molecular formula is C22H31N3O4. The number of carbonyl (C=O) groups excluding carboxylic acids is 2. The molecule has 0 aliphatic carbocycles. The quantitative estimate of drug-likeness (QED) is 0.663. The van der Waals surface area contributed by atoms with Crippen molar-refractivity contribution in [1.82, 2.24) is 9.80 Å². The smallest absolute Gasteiger partial charge is 0.238 e. The molecule has 0 saturated heterocycles. The zero-order valence-corrected chi connectivity index (χ0v) is 17.9. The van der Waals surface area contributed by atoms with Crippen molar-refractivity contribution in [2.24, 2.45) is 0 Å². The number of likely N-dealkylation sites (N-methyl/N-ethyl adjacent to an activating group) is 1. The molecule has 0 bridgehead atoms. The van der Waals surface area contributed by atoms with Crippen molar-refractivity contribution in [3.63, 3.8) is 0 Å². The van der Waals surface area contributed by atoms with E-state index in [1.807, 2.05) is 51.1 Å². The van der Waals surface area contributed by atoms with Crippen LogP contribution in [-0.2, 0) is 20.9 Å². The number of carbonyl (C=O) groups is 2. The molecule has 0 unspecified atom stereocenters. The van der Waals surface area contributed by atoms with E-state index in [1.54, 1.807) is 24.0 Å². The minimum Gasteiger partial charge on any atom is -0.464 e. The maximum atomic E-state index is 12.6. The van der Waals surface area contributed by atoms with Crippen LogP contribution in [0.25, 0.3) is 0 Å². The fourth-order valence-electron chi connectivity index (χ4n) is 2.92. The summed E-state index contributed by atoms with van der Waals surface area (Å²) in [5.74, 6) is 1.29. The molecular weight excluding hydrogens is 370 g/mol. The molecule has 1 N–H and O–H groups in total. The van der Waals surface area contributed by atoms with E-state index in [0.29, 0.717) is 19.7 Å². The van der Waals surface area contributed by atoms with Gasteiger partial charge in [-0.3, -0.25) is 14.5 Å². The number of hydrogen-bond acceptors (Lipinski definition) is 5. The Hall–Kier alpha value is -2.64. The topological polar surface area (TPSA) is 75.0 Å². The number of aryl methyl sites for hydroxylation is 2. The van der Waals surface area contributed by atoms with Crippen LogP contribution in [0, 0.1) is 20.8 Å². The van der Waals surface area contributed by atoms with Gasteiger partial charge in [0.15, 0.2) is 0 Å².